The van der Waals surface area contributed by atoms with Crippen molar-refractivity contribution in [1.29, 1.82) is 0 Å². The maximum Gasteiger partial charge on any atom is 0.265 e. The van der Waals surface area contributed by atoms with Crippen molar-refractivity contribution in [2.75, 3.05) is 25.6 Å². The quantitative estimate of drug-likeness (QED) is 0.597. The molecule has 0 radical (unpaired) electrons. The van der Waals surface area contributed by atoms with E-state index in [0.29, 0.717) is 23.8 Å². The third kappa shape index (κ3) is 5.31. The highest BCUT2D eigenvalue weighted by Gasteiger charge is 2.05. The van der Waals surface area contributed by atoms with E-state index in [1.54, 1.807) is 31.4 Å². The fourth-order valence-corrected chi connectivity index (χ4v) is 1.95. The first-order chi connectivity index (χ1) is 11.7. The van der Waals surface area contributed by atoms with Crippen LogP contribution in [-0.4, -0.2) is 32.4 Å². The molecule has 0 spiro atoms. The summed E-state index contributed by atoms with van der Waals surface area (Å²) in [4.78, 5) is 16.7. The number of carbonyl (C=O) groups is 1. The Hall–Kier alpha value is -3.02. The SMILES string of the molecule is CCOc1cc(/C=N\OCC(=O)Nc2ccccc2)ccc1OC. The molecule has 126 valence electrons. The number of rotatable bonds is 8. The van der Waals surface area contributed by atoms with Crippen molar-refractivity contribution in [2.24, 2.45) is 5.16 Å². The summed E-state index contributed by atoms with van der Waals surface area (Å²) in [5.41, 5.74) is 1.49. The minimum Gasteiger partial charge on any atom is -0.493 e. The molecule has 2 rings (SSSR count). The topological polar surface area (TPSA) is 69.2 Å². The first kappa shape index (κ1) is 17.3. The van der Waals surface area contributed by atoms with Gasteiger partial charge in [-0.25, -0.2) is 0 Å². The molecular formula is C18H20N2O4. The number of carbonyl (C=O) groups excluding carboxylic acids is 1. The lowest BCUT2D eigenvalue weighted by Crippen LogP contribution is -2.16. The lowest BCUT2D eigenvalue weighted by atomic mass is 10.2. The van der Waals surface area contributed by atoms with Crippen LogP contribution in [0.15, 0.2) is 53.7 Å². The highest BCUT2D eigenvalue weighted by molar-refractivity contribution is 5.91. The Balaban J connectivity index is 1.85. The zero-order valence-electron chi connectivity index (χ0n) is 13.7. The predicted molar refractivity (Wildman–Crippen MR) is 92.8 cm³/mol. The minimum absolute atomic E-state index is 0.167. The zero-order valence-corrected chi connectivity index (χ0v) is 13.7. The molecule has 0 bridgehead atoms. The van der Waals surface area contributed by atoms with Crippen molar-refractivity contribution in [3.63, 3.8) is 0 Å². The Kier molecular flexibility index (Phi) is 6.64. The van der Waals surface area contributed by atoms with E-state index in [9.17, 15) is 4.79 Å². The average Bonchev–Trinajstić information content (AvgIpc) is 2.60. The van der Waals surface area contributed by atoms with E-state index in [2.05, 4.69) is 10.5 Å². The number of oxime groups is 1. The lowest BCUT2D eigenvalue weighted by molar-refractivity contribution is -0.120. The van der Waals surface area contributed by atoms with Crippen LogP contribution in [0.3, 0.4) is 0 Å². The molecule has 2 aromatic rings. The molecule has 0 aliphatic heterocycles. The number of nitrogens with one attached hydrogen (secondary N) is 1. The summed E-state index contributed by atoms with van der Waals surface area (Å²) >= 11 is 0. The average molecular weight is 328 g/mol. The molecule has 24 heavy (non-hydrogen) atoms. The van der Waals surface area contributed by atoms with Crippen molar-refractivity contribution >= 4 is 17.8 Å². The number of hydrogen-bond acceptors (Lipinski definition) is 5. The summed E-state index contributed by atoms with van der Waals surface area (Å²) in [6, 6.07) is 14.6. The Morgan fingerprint density at radius 2 is 1.96 bits per heavy atom. The van der Waals surface area contributed by atoms with Gasteiger partial charge < -0.3 is 19.6 Å². The van der Waals surface area contributed by atoms with E-state index in [1.165, 1.54) is 6.21 Å². The minimum atomic E-state index is -0.275. The summed E-state index contributed by atoms with van der Waals surface area (Å²) in [5.74, 6) is 1.01. The van der Waals surface area contributed by atoms with Crippen LogP contribution < -0.4 is 14.8 Å². The molecule has 1 N–H and O–H groups in total. The zero-order chi connectivity index (χ0) is 17.2. The van der Waals surface area contributed by atoms with E-state index >= 15 is 0 Å². The van der Waals surface area contributed by atoms with Crippen molar-refractivity contribution in [1.82, 2.24) is 0 Å². The van der Waals surface area contributed by atoms with Crippen molar-refractivity contribution in [2.45, 2.75) is 6.92 Å². The van der Waals surface area contributed by atoms with E-state index in [4.69, 9.17) is 14.3 Å². The molecule has 0 aliphatic carbocycles. The third-order valence-corrected chi connectivity index (χ3v) is 3.02. The van der Waals surface area contributed by atoms with Gasteiger partial charge in [-0.15, -0.1) is 0 Å². The van der Waals surface area contributed by atoms with Crippen LogP contribution in [0.2, 0.25) is 0 Å². The second-order valence-electron chi connectivity index (χ2n) is 4.77. The van der Waals surface area contributed by atoms with Gasteiger partial charge in [0.2, 0.25) is 0 Å². The fourth-order valence-electron chi connectivity index (χ4n) is 1.95. The Morgan fingerprint density at radius 3 is 2.67 bits per heavy atom. The number of anilines is 1. The number of nitrogens with zero attached hydrogens (tertiary/aromatic N) is 1. The van der Waals surface area contributed by atoms with Gasteiger partial charge in [0.05, 0.1) is 19.9 Å². The monoisotopic (exact) mass is 328 g/mol. The number of ether oxygens (including phenoxy) is 2. The van der Waals surface area contributed by atoms with E-state index in [1.807, 2.05) is 31.2 Å². The van der Waals surface area contributed by atoms with Crippen LogP contribution in [0.1, 0.15) is 12.5 Å². The Morgan fingerprint density at radius 1 is 1.17 bits per heavy atom. The molecule has 0 saturated carbocycles. The standard InChI is InChI=1S/C18H20N2O4/c1-3-23-17-11-14(9-10-16(17)22-2)12-19-24-13-18(21)20-15-7-5-4-6-8-15/h4-12H,3,13H2,1-2H3,(H,20,21)/b19-12-. The second kappa shape index (κ2) is 9.19. The van der Waals surface area contributed by atoms with E-state index in [-0.39, 0.29) is 12.5 Å². The van der Waals surface area contributed by atoms with Crippen LogP contribution in [0.4, 0.5) is 5.69 Å². The number of para-hydroxylation sites is 1. The molecule has 0 atom stereocenters. The maximum absolute atomic E-state index is 11.7. The molecule has 0 heterocycles. The predicted octanol–water partition coefficient (Wildman–Crippen LogP) is 3.08. The fraction of sp³-hybridized carbons (Fsp3) is 0.222. The molecule has 0 unspecified atom stereocenters. The molecular weight excluding hydrogens is 308 g/mol. The number of amides is 1. The van der Waals surface area contributed by atoms with Gasteiger partial charge in [-0.2, -0.15) is 0 Å². The molecule has 6 heteroatoms. The molecule has 1 amide bonds. The normalized spacial score (nSPS) is 10.4. The maximum atomic E-state index is 11.7. The molecule has 0 saturated heterocycles. The number of methoxy groups -OCH3 is 1. The van der Waals surface area contributed by atoms with Gasteiger partial charge in [-0.05, 0) is 37.3 Å². The highest BCUT2D eigenvalue weighted by Crippen LogP contribution is 2.27. The van der Waals surface area contributed by atoms with Crippen LogP contribution in [0.25, 0.3) is 0 Å². The van der Waals surface area contributed by atoms with Crippen molar-refractivity contribution in [3.05, 3.63) is 54.1 Å². The summed E-state index contributed by atoms with van der Waals surface area (Å²) in [6.07, 6.45) is 1.51. The van der Waals surface area contributed by atoms with Crippen LogP contribution in [0, 0.1) is 0 Å². The Bertz CT molecular complexity index is 687. The number of benzene rings is 2. The first-order valence-electron chi connectivity index (χ1n) is 7.54. The summed E-state index contributed by atoms with van der Waals surface area (Å²) < 4.78 is 10.7. The highest BCUT2D eigenvalue weighted by atomic mass is 16.6. The smallest absolute Gasteiger partial charge is 0.265 e. The second-order valence-corrected chi connectivity index (χ2v) is 4.77. The van der Waals surface area contributed by atoms with E-state index in [0.717, 1.165) is 5.56 Å². The molecule has 0 aromatic heterocycles. The lowest BCUT2D eigenvalue weighted by Gasteiger charge is -2.09. The number of hydrogen-bond donors (Lipinski definition) is 1. The molecule has 0 fully saturated rings. The van der Waals surface area contributed by atoms with Crippen LogP contribution in [-0.2, 0) is 9.63 Å². The molecule has 2 aromatic carbocycles. The van der Waals surface area contributed by atoms with Gasteiger partial charge in [0, 0.05) is 11.3 Å². The molecule has 0 aliphatic rings. The molecule has 6 nitrogen and oxygen atoms in total. The van der Waals surface area contributed by atoms with Gasteiger partial charge in [-0.3, -0.25) is 4.79 Å². The summed E-state index contributed by atoms with van der Waals surface area (Å²) in [6.45, 7) is 2.27. The van der Waals surface area contributed by atoms with E-state index < -0.39 is 0 Å². The Labute approximate surface area is 141 Å². The first-order valence-corrected chi connectivity index (χ1v) is 7.54. The third-order valence-electron chi connectivity index (χ3n) is 3.02. The van der Waals surface area contributed by atoms with Gasteiger partial charge in [0.1, 0.15) is 0 Å². The van der Waals surface area contributed by atoms with Gasteiger partial charge in [0.25, 0.3) is 5.91 Å². The van der Waals surface area contributed by atoms with Crippen LogP contribution in [0.5, 0.6) is 11.5 Å². The van der Waals surface area contributed by atoms with Gasteiger partial charge >= 0.3 is 0 Å². The van der Waals surface area contributed by atoms with Crippen molar-refractivity contribution in [3.8, 4) is 11.5 Å². The largest absolute Gasteiger partial charge is 0.493 e. The van der Waals surface area contributed by atoms with Crippen LogP contribution >= 0.6 is 0 Å². The van der Waals surface area contributed by atoms with Crippen molar-refractivity contribution < 1.29 is 19.1 Å². The van der Waals surface area contributed by atoms with Gasteiger partial charge in [-0.1, -0.05) is 23.4 Å². The van der Waals surface area contributed by atoms with Gasteiger partial charge in [0.15, 0.2) is 18.1 Å². The summed E-state index contributed by atoms with van der Waals surface area (Å²) in [7, 11) is 1.58. The summed E-state index contributed by atoms with van der Waals surface area (Å²) in [5, 5.41) is 6.50.